The largest absolute Gasteiger partial charge is 0.371 e. The molecule has 1 aromatic carbocycles. The number of anilines is 2. The van der Waals surface area contributed by atoms with Crippen LogP contribution >= 0.6 is 11.3 Å². The fraction of sp³-hybridized carbons (Fsp3) is 0.421. The van der Waals surface area contributed by atoms with Crippen LogP contribution in [-0.2, 0) is 17.6 Å². The highest BCUT2D eigenvalue weighted by atomic mass is 32.1. The maximum absolute atomic E-state index is 12.8. The zero-order valence-corrected chi connectivity index (χ0v) is 14.1. The highest BCUT2D eigenvalue weighted by Gasteiger charge is 2.24. The SMILES string of the molecule is O=C(Cc1cccs1)N1CCCc2ccc(N3CCCC3)cc21. The number of aryl methyl sites for hydroxylation is 1. The molecule has 3 heterocycles. The third kappa shape index (κ3) is 3.00. The van der Waals surface area contributed by atoms with E-state index in [2.05, 4.69) is 23.1 Å². The first-order chi connectivity index (χ1) is 11.3. The number of fused-ring (bicyclic) bond motifs is 1. The number of thiophene rings is 1. The van der Waals surface area contributed by atoms with Gasteiger partial charge in [0.15, 0.2) is 0 Å². The van der Waals surface area contributed by atoms with E-state index in [0.717, 1.165) is 43.0 Å². The van der Waals surface area contributed by atoms with Gasteiger partial charge in [0.2, 0.25) is 5.91 Å². The Labute approximate surface area is 141 Å². The molecule has 0 atom stereocenters. The van der Waals surface area contributed by atoms with E-state index in [4.69, 9.17) is 0 Å². The summed E-state index contributed by atoms with van der Waals surface area (Å²) in [7, 11) is 0. The van der Waals surface area contributed by atoms with Gasteiger partial charge in [-0.25, -0.2) is 0 Å². The maximum atomic E-state index is 12.8. The molecule has 2 aromatic rings. The second-order valence-electron chi connectivity index (χ2n) is 6.41. The number of nitrogens with zero attached hydrogens (tertiary/aromatic N) is 2. The van der Waals surface area contributed by atoms with Gasteiger partial charge in [-0.3, -0.25) is 4.79 Å². The Hall–Kier alpha value is -1.81. The fourth-order valence-corrected chi connectivity index (χ4v) is 4.35. The van der Waals surface area contributed by atoms with Crippen LogP contribution in [0.15, 0.2) is 35.7 Å². The number of hydrogen-bond donors (Lipinski definition) is 0. The van der Waals surface area contributed by atoms with Crippen molar-refractivity contribution in [2.75, 3.05) is 29.4 Å². The van der Waals surface area contributed by atoms with Crippen molar-refractivity contribution in [2.45, 2.75) is 32.1 Å². The Kier molecular flexibility index (Phi) is 4.08. The first-order valence-electron chi connectivity index (χ1n) is 8.52. The van der Waals surface area contributed by atoms with E-state index in [-0.39, 0.29) is 5.91 Å². The van der Waals surface area contributed by atoms with Crippen LogP contribution < -0.4 is 9.80 Å². The highest BCUT2D eigenvalue weighted by molar-refractivity contribution is 7.10. The van der Waals surface area contributed by atoms with Gasteiger partial charge < -0.3 is 9.80 Å². The molecule has 4 heteroatoms. The quantitative estimate of drug-likeness (QED) is 0.855. The number of amides is 1. The summed E-state index contributed by atoms with van der Waals surface area (Å²) < 4.78 is 0. The van der Waals surface area contributed by atoms with Gasteiger partial charge in [-0.2, -0.15) is 0 Å². The summed E-state index contributed by atoms with van der Waals surface area (Å²) in [5, 5.41) is 2.04. The summed E-state index contributed by atoms with van der Waals surface area (Å²) in [6.45, 7) is 3.13. The molecule has 0 aliphatic carbocycles. The number of carbonyl (C=O) groups is 1. The van der Waals surface area contributed by atoms with E-state index in [1.807, 2.05) is 22.4 Å². The monoisotopic (exact) mass is 326 g/mol. The average molecular weight is 326 g/mol. The van der Waals surface area contributed by atoms with Gasteiger partial charge in [-0.15, -0.1) is 11.3 Å². The molecule has 0 spiro atoms. The van der Waals surface area contributed by atoms with Gasteiger partial charge in [0, 0.05) is 35.9 Å². The lowest BCUT2D eigenvalue weighted by molar-refractivity contribution is -0.118. The topological polar surface area (TPSA) is 23.6 Å². The Morgan fingerprint density at radius 2 is 1.96 bits per heavy atom. The Morgan fingerprint density at radius 3 is 2.74 bits per heavy atom. The minimum Gasteiger partial charge on any atom is -0.371 e. The fourth-order valence-electron chi connectivity index (χ4n) is 3.65. The van der Waals surface area contributed by atoms with Crippen LogP contribution in [0.3, 0.4) is 0 Å². The van der Waals surface area contributed by atoms with E-state index in [1.165, 1.54) is 24.1 Å². The maximum Gasteiger partial charge on any atom is 0.232 e. The number of hydrogen-bond acceptors (Lipinski definition) is 3. The molecule has 120 valence electrons. The van der Waals surface area contributed by atoms with Crippen molar-refractivity contribution in [3.8, 4) is 0 Å². The molecule has 23 heavy (non-hydrogen) atoms. The van der Waals surface area contributed by atoms with Crippen LogP contribution in [0.25, 0.3) is 0 Å². The molecular formula is C19H22N2OS. The third-order valence-electron chi connectivity index (χ3n) is 4.87. The standard InChI is InChI=1S/C19H22N2OS/c22-19(14-17-6-4-12-23-17)21-11-3-5-15-7-8-16(13-18(15)21)20-9-1-2-10-20/h4,6-8,12-13H,1-3,5,9-11,14H2. The zero-order chi connectivity index (χ0) is 15.6. The summed E-state index contributed by atoms with van der Waals surface area (Å²) in [5.41, 5.74) is 3.73. The molecule has 1 aromatic heterocycles. The van der Waals surface area contributed by atoms with Crippen molar-refractivity contribution in [3.63, 3.8) is 0 Å². The summed E-state index contributed by atoms with van der Waals surface area (Å²) >= 11 is 1.66. The van der Waals surface area contributed by atoms with E-state index in [0.29, 0.717) is 6.42 Å². The Morgan fingerprint density at radius 1 is 1.09 bits per heavy atom. The van der Waals surface area contributed by atoms with Crippen molar-refractivity contribution in [2.24, 2.45) is 0 Å². The minimum atomic E-state index is 0.229. The smallest absolute Gasteiger partial charge is 0.232 e. The minimum absolute atomic E-state index is 0.229. The molecule has 4 rings (SSSR count). The third-order valence-corrected chi connectivity index (χ3v) is 5.74. The normalized spacial score (nSPS) is 17.4. The predicted octanol–water partition coefficient (Wildman–Crippen LogP) is 3.87. The van der Waals surface area contributed by atoms with Crippen molar-refractivity contribution >= 4 is 28.6 Å². The summed E-state index contributed by atoms with van der Waals surface area (Å²) in [6, 6.07) is 10.8. The Balaban J connectivity index is 1.60. The van der Waals surface area contributed by atoms with Gasteiger partial charge in [0.05, 0.1) is 6.42 Å². The lowest BCUT2D eigenvalue weighted by atomic mass is 10.0. The first kappa shape index (κ1) is 14.8. The van der Waals surface area contributed by atoms with Crippen molar-refractivity contribution < 1.29 is 4.79 Å². The van der Waals surface area contributed by atoms with Gasteiger partial charge in [-0.1, -0.05) is 12.1 Å². The second-order valence-corrected chi connectivity index (χ2v) is 7.44. The Bertz CT molecular complexity index is 689. The molecule has 0 radical (unpaired) electrons. The summed E-state index contributed by atoms with van der Waals surface area (Å²) in [4.78, 5) is 18.4. The van der Waals surface area contributed by atoms with Crippen molar-refractivity contribution in [1.82, 2.24) is 0 Å². The zero-order valence-electron chi connectivity index (χ0n) is 13.3. The predicted molar refractivity (Wildman–Crippen MR) is 96.6 cm³/mol. The van der Waals surface area contributed by atoms with Gasteiger partial charge in [0.25, 0.3) is 0 Å². The molecule has 1 fully saturated rings. The van der Waals surface area contributed by atoms with E-state index >= 15 is 0 Å². The van der Waals surface area contributed by atoms with Gasteiger partial charge >= 0.3 is 0 Å². The summed E-state index contributed by atoms with van der Waals surface area (Å²) in [5.74, 6) is 0.229. The second kappa shape index (κ2) is 6.36. The first-order valence-corrected chi connectivity index (χ1v) is 9.40. The van der Waals surface area contributed by atoms with E-state index in [1.54, 1.807) is 11.3 Å². The molecule has 1 amide bonds. The van der Waals surface area contributed by atoms with Crippen molar-refractivity contribution in [1.29, 1.82) is 0 Å². The lowest BCUT2D eigenvalue weighted by Gasteiger charge is -2.31. The van der Waals surface area contributed by atoms with Gasteiger partial charge in [-0.05, 0) is 54.8 Å². The molecule has 2 aliphatic heterocycles. The average Bonchev–Trinajstić information content (AvgIpc) is 3.27. The molecule has 1 saturated heterocycles. The molecule has 3 nitrogen and oxygen atoms in total. The van der Waals surface area contributed by atoms with Crippen LogP contribution in [0.4, 0.5) is 11.4 Å². The van der Waals surface area contributed by atoms with Crippen LogP contribution in [0.5, 0.6) is 0 Å². The molecule has 0 bridgehead atoms. The van der Waals surface area contributed by atoms with E-state index < -0.39 is 0 Å². The molecule has 0 N–H and O–H groups in total. The van der Waals surface area contributed by atoms with Crippen LogP contribution in [-0.4, -0.2) is 25.5 Å². The highest BCUT2D eigenvalue weighted by Crippen LogP contribution is 2.33. The lowest BCUT2D eigenvalue weighted by Crippen LogP contribution is -2.36. The summed E-state index contributed by atoms with van der Waals surface area (Å²) in [6.07, 6.45) is 5.21. The number of carbonyl (C=O) groups excluding carboxylic acids is 1. The molecule has 0 unspecified atom stereocenters. The number of benzene rings is 1. The van der Waals surface area contributed by atoms with E-state index in [9.17, 15) is 4.79 Å². The molecular weight excluding hydrogens is 304 g/mol. The van der Waals surface area contributed by atoms with Crippen LogP contribution in [0.1, 0.15) is 29.7 Å². The molecule has 2 aliphatic rings. The van der Waals surface area contributed by atoms with Gasteiger partial charge in [0.1, 0.15) is 0 Å². The van der Waals surface area contributed by atoms with Crippen LogP contribution in [0, 0.1) is 0 Å². The van der Waals surface area contributed by atoms with Crippen LogP contribution in [0.2, 0.25) is 0 Å². The molecule has 0 saturated carbocycles. The van der Waals surface area contributed by atoms with Crippen molar-refractivity contribution in [3.05, 3.63) is 46.2 Å². The number of rotatable bonds is 3.